The number of halogens is 1. The van der Waals surface area contributed by atoms with Crippen LogP contribution in [0.5, 0.6) is 5.75 Å². The minimum Gasteiger partial charge on any atom is -0.491 e. The third-order valence-corrected chi connectivity index (χ3v) is 2.75. The topological polar surface area (TPSA) is 32.7 Å². The lowest BCUT2D eigenvalue weighted by Crippen LogP contribution is -2.33. The van der Waals surface area contributed by atoms with Gasteiger partial charge in [-0.25, -0.2) is 4.39 Å². The highest BCUT2D eigenvalue weighted by Crippen LogP contribution is 2.25. The third-order valence-electron chi connectivity index (χ3n) is 2.75. The minimum atomic E-state index is -0.358. The lowest BCUT2D eigenvalue weighted by molar-refractivity contribution is 0.165. The Kier molecular flexibility index (Phi) is 4.96. The fourth-order valence-corrected chi connectivity index (χ4v) is 1.78. The number of aliphatic hydroxyl groups is 1. The smallest absolute Gasteiger partial charge is 0.167 e. The number of anilines is 1. The van der Waals surface area contributed by atoms with Crippen LogP contribution in [0.4, 0.5) is 10.1 Å². The van der Waals surface area contributed by atoms with E-state index in [9.17, 15) is 9.50 Å². The second kappa shape index (κ2) is 6.05. The van der Waals surface area contributed by atoms with Gasteiger partial charge in [-0.15, -0.1) is 0 Å². The molecule has 0 aliphatic carbocycles. The van der Waals surface area contributed by atoms with Gasteiger partial charge >= 0.3 is 0 Å². The van der Waals surface area contributed by atoms with E-state index in [-0.39, 0.29) is 23.6 Å². The maximum atomic E-state index is 13.7. The van der Waals surface area contributed by atoms with E-state index in [0.29, 0.717) is 13.2 Å². The van der Waals surface area contributed by atoms with E-state index in [1.807, 2.05) is 38.8 Å². The van der Waals surface area contributed by atoms with Gasteiger partial charge in [-0.3, -0.25) is 0 Å². The molecule has 102 valence electrons. The average Bonchev–Trinajstić information content (AvgIpc) is 2.31. The summed E-state index contributed by atoms with van der Waals surface area (Å²) in [5.41, 5.74) is 0.557. The molecule has 0 bridgehead atoms. The number of nitrogens with zero attached hydrogens (tertiary/aromatic N) is 1. The Morgan fingerprint density at radius 2 is 2.06 bits per heavy atom. The van der Waals surface area contributed by atoms with Crippen molar-refractivity contribution < 1.29 is 14.2 Å². The molecule has 0 aliphatic rings. The molecule has 0 spiro atoms. The van der Waals surface area contributed by atoms with Crippen LogP contribution in [0, 0.1) is 11.2 Å². The van der Waals surface area contributed by atoms with Crippen molar-refractivity contribution in [3.05, 3.63) is 24.0 Å². The van der Waals surface area contributed by atoms with Gasteiger partial charge in [-0.1, -0.05) is 13.8 Å². The molecule has 18 heavy (non-hydrogen) atoms. The maximum absolute atomic E-state index is 13.7. The molecule has 1 aromatic carbocycles. The lowest BCUT2D eigenvalue weighted by Gasteiger charge is -2.30. The van der Waals surface area contributed by atoms with Crippen LogP contribution in [0.2, 0.25) is 0 Å². The zero-order valence-electron chi connectivity index (χ0n) is 11.5. The zero-order valence-corrected chi connectivity index (χ0v) is 11.5. The fraction of sp³-hybridized carbons (Fsp3) is 0.571. The molecule has 1 rings (SSSR count). The molecule has 0 heterocycles. The van der Waals surface area contributed by atoms with Crippen molar-refractivity contribution in [2.75, 3.05) is 31.7 Å². The Bertz CT molecular complexity index is 393. The minimum absolute atomic E-state index is 0.0941. The molecule has 0 atom stereocenters. The van der Waals surface area contributed by atoms with Crippen LogP contribution in [0.3, 0.4) is 0 Å². The Hall–Kier alpha value is -1.29. The molecule has 0 unspecified atom stereocenters. The molecule has 0 amide bonds. The molecular weight excluding hydrogens is 233 g/mol. The number of hydrogen-bond donors (Lipinski definition) is 1. The molecule has 0 saturated carbocycles. The Morgan fingerprint density at radius 3 is 2.56 bits per heavy atom. The van der Waals surface area contributed by atoms with Gasteiger partial charge in [0, 0.05) is 37.4 Å². The van der Waals surface area contributed by atoms with Crippen LogP contribution >= 0.6 is 0 Å². The van der Waals surface area contributed by atoms with Crippen molar-refractivity contribution >= 4 is 5.69 Å². The fourth-order valence-electron chi connectivity index (χ4n) is 1.78. The number of rotatable bonds is 6. The number of benzene rings is 1. The molecule has 3 nitrogen and oxygen atoms in total. The van der Waals surface area contributed by atoms with Crippen molar-refractivity contribution in [2.45, 2.75) is 20.8 Å². The quantitative estimate of drug-likeness (QED) is 0.848. The highest BCUT2D eigenvalue weighted by Gasteiger charge is 2.19. The van der Waals surface area contributed by atoms with Crippen LogP contribution < -0.4 is 9.64 Å². The first-order valence-electron chi connectivity index (χ1n) is 6.14. The van der Waals surface area contributed by atoms with E-state index in [2.05, 4.69) is 0 Å². The summed E-state index contributed by atoms with van der Waals surface area (Å²) >= 11 is 0. The van der Waals surface area contributed by atoms with Crippen LogP contribution in [0.25, 0.3) is 0 Å². The Balaban J connectivity index is 2.81. The second-order valence-electron chi connectivity index (χ2n) is 5.23. The average molecular weight is 255 g/mol. The van der Waals surface area contributed by atoms with E-state index < -0.39 is 0 Å². The van der Waals surface area contributed by atoms with Crippen molar-refractivity contribution in [1.29, 1.82) is 0 Å². The maximum Gasteiger partial charge on any atom is 0.167 e. The molecule has 1 aromatic rings. The van der Waals surface area contributed by atoms with Crippen LogP contribution in [-0.4, -0.2) is 31.9 Å². The summed E-state index contributed by atoms with van der Waals surface area (Å²) in [6, 6.07) is 4.91. The molecule has 1 N–H and O–H groups in total. The molecule has 0 saturated heterocycles. The first-order valence-corrected chi connectivity index (χ1v) is 6.14. The predicted octanol–water partition coefficient (Wildman–Crippen LogP) is 2.68. The van der Waals surface area contributed by atoms with Gasteiger partial charge in [0.25, 0.3) is 0 Å². The first kappa shape index (κ1) is 14.8. The van der Waals surface area contributed by atoms with E-state index in [0.717, 1.165) is 5.69 Å². The standard InChI is InChI=1S/C14H22FNO2/c1-5-18-13-7-6-11(8-12(13)15)16(4)9-14(2,3)10-17/h6-8,17H,5,9-10H2,1-4H3. The SMILES string of the molecule is CCOc1ccc(N(C)CC(C)(C)CO)cc1F. The van der Waals surface area contributed by atoms with E-state index in [1.165, 1.54) is 6.07 Å². The van der Waals surface area contributed by atoms with E-state index in [4.69, 9.17) is 4.74 Å². The van der Waals surface area contributed by atoms with Gasteiger partial charge in [-0.2, -0.15) is 0 Å². The van der Waals surface area contributed by atoms with Crippen LogP contribution in [0.1, 0.15) is 20.8 Å². The van der Waals surface area contributed by atoms with Gasteiger partial charge < -0.3 is 14.7 Å². The van der Waals surface area contributed by atoms with Crippen molar-refractivity contribution in [2.24, 2.45) is 5.41 Å². The van der Waals surface area contributed by atoms with E-state index in [1.54, 1.807) is 6.07 Å². The molecule has 0 aliphatic heterocycles. The number of ether oxygens (including phenoxy) is 1. The van der Waals surface area contributed by atoms with Gasteiger partial charge in [0.1, 0.15) is 0 Å². The van der Waals surface area contributed by atoms with Crippen molar-refractivity contribution in [1.82, 2.24) is 0 Å². The number of hydrogen-bond acceptors (Lipinski definition) is 3. The van der Waals surface area contributed by atoms with E-state index >= 15 is 0 Å². The van der Waals surface area contributed by atoms with Gasteiger partial charge in [0.2, 0.25) is 0 Å². The Morgan fingerprint density at radius 1 is 1.39 bits per heavy atom. The highest BCUT2D eigenvalue weighted by atomic mass is 19.1. The van der Waals surface area contributed by atoms with Crippen molar-refractivity contribution in [3.63, 3.8) is 0 Å². The van der Waals surface area contributed by atoms with Crippen LogP contribution in [0.15, 0.2) is 18.2 Å². The summed E-state index contributed by atoms with van der Waals surface area (Å²) in [5.74, 6) is -0.0842. The first-order chi connectivity index (χ1) is 8.39. The summed E-state index contributed by atoms with van der Waals surface area (Å²) in [6.45, 7) is 6.95. The molecule has 4 heteroatoms. The predicted molar refractivity (Wildman–Crippen MR) is 71.7 cm³/mol. The van der Waals surface area contributed by atoms with Gasteiger partial charge in [0.05, 0.1) is 6.61 Å². The summed E-state index contributed by atoms with van der Waals surface area (Å²) < 4.78 is 18.9. The molecular formula is C14H22FNO2. The Labute approximate surface area is 108 Å². The van der Waals surface area contributed by atoms with Crippen molar-refractivity contribution in [3.8, 4) is 5.75 Å². The number of aliphatic hydroxyl groups excluding tert-OH is 1. The summed E-state index contributed by atoms with van der Waals surface area (Å²) in [4.78, 5) is 1.93. The lowest BCUT2D eigenvalue weighted by atomic mass is 9.94. The van der Waals surface area contributed by atoms with Gasteiger partial charge in [0.15, 0.2) is 11.6 Å². The normalized spacial score (nSPS) is 11.4. The molecule has 0 fully saturated rings. The molecule has 0 radical (unpaired) electrons. The molecule has 0 aromatic heterocycles. The monoisotopic (exact) mass is 255 g/mol. The summed E-state index contributed by atoms with van der Waals surface area (Å²) in [5, 5.41) is 9.24. The summed E-state index contributed by atoms with van der Waals surface area (Å²) in [6.07, 6.45) is 0. The largest absolute Gasteiger partial charge is 0.491 e. The highest BCUT2D eigenvalue weighted by molar-refractivity contribution is 5.49. The van der Waals surface area contributed by atoms with Gasteiger partial charge in [-0.05, 0) is 19.1 Å². The second-order valence-corrected chi connectivity index (χ2v) is 5.23. The summed E-state index contributed by atoms with van der Waals surface area (Å²) in [7, 11) is 1.88. The zero-order chi connectivity index (χ0) is 13.8. The third kappa shape index (κ3) is 3.88. The van der Waals surface area contributed by atoms with Crippen LogP contribution in [-0.2, 0) is 0 Å².